The predicted octanol–water partition coefficient (Wildman–Crippen LogP) is 3.78. The molecule has 0 aliphatic carbocycles. The fourth-order valence-electron chi connectivity index (χ4n) is 4.67. The highest BCUT2D eigenvalue weighted by atomic mass is 16.5. The molecule has 2 aliphatic heterocycles. The maximum absolute atomic E-state index is 12.8. The Balaban J connectivity index is 1.34. The van der Waals surface area contributed by atoms with E-state index in [4.69, 9.17) is 4.52 Å². The van der Waals surface area contributed by atoms with Crippen LogP contribution < -0.4 is 0 Å². The molecule has 5 nitrogen and oxygen atoms in total. The summed E-state index contributed by atoms with van der Waals surface area (Å²) in [6.45, 7) is 9.09. The van der Waals surface area contributed by atoms with E-state index >= 15 is 0 Å². The van der Waals surface area contributed by atoms with Crippen LogP contribution in [0, 0.1) is 11.8 Å². The van der Waals surface area contributed by atoms with Crippen LogP contribution in [-0.4, -0.2) is 47.0 Å². The Morgan fingerprint density at radius 2 is 1.78 bits per heavy atom. The molecule has 0 unspecified atom stereocenters. The first kappa shape index (κ1) is 18.2. The zero-order chi connectivity index (χ0) is 18.8. The third-order valence-electron chi connectivity index (χ3n) is 6.24. The first-order chi connectivity index (χ1) is 13.2. The predicted molar refractivity (Wildman–Crippen MR) is 104 cm³/mol. The maximum atomic E-state index is 12.8. The molecular formula is C22H29N3O2. The molecule has 2 fully saturated rings. The summed E-state index contributed by atoms with van der Waals surface area (Å²) in [6.07, 6.45) is 2.03. The van der Waals surface area contributed by atoms with Gasteiger partial charge in [0.25, 0.3) is 5.91 Å². The monoisotopic (exact) mass is 367 g/mol. The molecule has 1 amide bonds. The van der Waals surface area contributed by atoms with Crippen molar-refractivity contribution in [2.24, 2.45) is 11.8 Å². The van der Waals surface area contributed by atoms with E-state index in [0.717, 1.165) is 51.3 Å². The third-order valence-corrected chi connectivity index (χ3v) is 6.24. The molecule has 0 radical (unpaired) electrons. The quantitative estimate of drug-likeness (QED) is 0.780. The van der Waals surface area contributed by atoms with Crippen LogP contribution in [-0.2, 0) is 6.54 Å². The van der Waals surface area contributed by atoms with Crippen LogP contribution in [0.3, 0.4) is 0 Å². The van der Waals surface area contributed by atoms with Crippen LogP contribution in [0.25, 0.3) is 0 Å². The third kappa shape index (κ3) is 3.79. The number of hydrogen-bond donors (Lipinski definition) is 0. The van der Waals surface area contributed by atoms with Crippen LogP contribution in [0.5, 0.6) is 0 Å². The maximum Gasteiger partial charge on any atom is 0.292 e. The Labute approximate surface area is 161 Å². The second-order valence-electron chi connectivity index (χ2n) is 8.04. The number of amides is 1. The van der Waals surface area contributed by atoms with Crippen molar-refractivity contribution in [1.29, 1.82) is 0 Å². The van der Waals surface area contributed by atoms with Gasteiger partial charge < -0.3 is 9.42 Å². The molecule has 144 valence electrons. The van der Waals surface area contributed by atoms with Crippen LogP contribution in [0.15, 0.2) is 40.9 Å². The van der Waals surface area contributed by atoms with Crippen molar-refractivity contribution < 1.29 is 9.32 Å². The lowest BCUT2D eigenvalue weighted by Crippen LogP contribution is -2.33. The SMILES string of the molecule is CCC(CC)c1cc(C(=O)N2C[C@H]3CN(Cc4ccccc4)C[C@H]3C2)on1. The van der Waals surface area contributed by atoms with E-state index in [1.54, 1.807) is 0 Å². The van der Waals surface area contributed by atoms with E-state index < -0.39 is 0 Å². The normalized spacial score (nSPS) is 22.6. The molecule has 2 saturated heterocycles. The summed E-state index contributed by atoms with van der Waals surface area (Å²) < 4.78 is 5.39. The second-order valence-corrected chi connectivity index (χ2v) is 8.04. The van der Waals surface area contributed by atoms with E-state index in [0.29, 0.717) is 23.5 Å². The molecule has 0 bridgehead atoms. The van der Waals surface area contributed by atoms with E-state index in [2.05, 4.69) is 54.2 Å². The Kier molecular flexibility index (Phi) is 5.30. The molecule has 0 saturated carbocycles. The molecule has 1 aromatic carbocycles. The standard InChI is InChI=1S/C22H29N3O2/c1-3-17(4-2)20-10-21(27-23-20)22(26)25-14-18-12-24(13-19(18)15-25)11-16-8-6-5-7-9-16/h5-10,17-19H,3-4,11-15H2,1-2H3/t18-,19+. The zero-order valence-electron chi connectivity index (χ0n) is 16.3. The first-order valence-corrected chi connectivity index (χ1v) is 10.2. The molecule has 4 rings (SSSR count). The number of benzene rings is 1. The highest BCUT2D eigenvalue weighted by Gasteiger charge is 2.42. The van der Waals surface area contributed by atoms with Crippen molar-refractivity contribution in [2.45, 2.75) is 39.2 Å². The van der Waals surface area contributed by atoms with Crippen molar-refractivity contribution in [3.63, 3.8) is 0 Å². The lowest BCUT2D eigenvalue weighted by molar-refractivity contribution is 0.0731. The summed E-state index contributed by atoms with van der Waals surface area (Å²) in [5.74, 6) is 1.92. The van der Waals surface area contributed by atoms with Gasteiger partial charge in [0.2, 0.25) is 5.76 Å². The number of aromatic nitrogens is 1. The minimum atomic E-state index is 0.00344. The van der Waals surface area contributed by atoms with Crippen LogP contribution in [0.2, 0.25) is 0 Å². The van der Waals surface area contributed by atoms with Gasteiger partial charge >= 0.3 is 0 Å². The van der Waals surface area contributed by atoms with Gasteiger partial charge in [0.05, 0.1) is 5.69 Å². The summed E-state index contributed by atoms with van der Waals surface area (Å²) in [7, 11) is 0. The van der Waals surface area contributed by atoms with E-state index in [1.165, 1.54) is 5.56 Å². The Hall–Kier alpha value is -2.14. The number of carbonyl (C=O) groups excluding carboxylic acids is 1. The molecule has 2 aliphatic rings. The van der Waals surface area contributed by atoms with Gasteiger partial charge in [-0.2, -0.15) is 0 Å². The van der Waals surface area contributed by atoms with Crippen molar-refractivity contribution in [3.8, 4) is 0 Å². The van der Waals surface area contributed by atoms with Gasteiger partial charge in [-0.1, -0.05) is 49.3 Å². The number of fused-ring (bicyclic) bond motifs is 1. The van der Waals surface area contributed by atoms with Crippen molar-refractivity contribution in [3.05, 3.63) is 53.4 Å². The fourth-order valence-corrected chi connectivity index (χ4v) is 4.67. The van der Waals surface area contributed by atoms with Gasteiger partial charge in [-0.3, -0.25) is 9.69 Å². The molecule has 27 heavy (non-hydrogen) atoms. The highest BCUT2D eigenvalue weighted by molar-refractivity contribution is 5.91. The summed E-state index contributed by atoms with van der Waals surface area (Å²) >= 11 is 0. The number of likely N-dealkylation sites (tertiary alicyclic amines) is 2. The summed E-state index contributed by atoms with van der Waals surface area (Å²) in [6, 6.07) is 12.5. The van der Waals surface area contributed by atoms with Crippen LogP contribution >= 0.6 is 0 Å². The van der Waals surface area contributed by atoms with Crippen LogP contribution in [0.1, 0.15) is 54.4 Å². The second kappa shape index (κ2) is 7.85. The molecule has 1 aromatic heterocycles. The summed E-state index contributed by atoms with van der Waals surface area (Å²) in [4.78, 5) is 17.3. The molecular weight excluding hydrogens is 338 g/mol. The Morgan fingerprint density at radius 1 is 1.11 bits per heavy atom. The van der Waals surface area contributed by atoms with E-state index in [-0.39, 0.29) is 5.91 Å². The van der Waals surface area contributed by atoms with E-state index in [9.17, 15) is 4.79 Å². The minimum absolute atomic E-state index is 0.00344. The largest absolute Gasteiger partial charge is 0.351 e. The number of hydrogen-bond acceptors (Lipinski definition) is 4. The van der Waals surface area contributed by atoms with Gasteiger partial charge in [-0.05, 0) is 30.2 Å². The molecule has 2 aromatic rings. The number of nitrogens with zero attached hydrogens (tertiary/aromatic N) is 3. The summed E-state index contributed by atoms with van der Waals surface area (Å²) in [5.41, 5.74) is 2.28. The lowest BCUT2D eigenvalue weighted by atomic mass is 9.99. The zero-order valence-corrected chi connectivity index (χ0v) is 16.3. The highest BCUT2D eigenvalue weighted by Crippen LogP contribution is 2.33. The summed E-state index contributed by atoms with van der Waals surface area (Å²) in [5, 5.41) is 4.15. The molecule has 0 N–H and O–H groups in total. The van der Waals surface area contributed by atoms with Gasteiger partial charge in [-0.25, -0.2) is 0 Å². The number of carbonyl (C=O) groups is 1. The van der Waals surface area contributed by atoms with Crippen molar-refractivity contribution in [1.82, 2.24) is 15.0 Å². The topological polar surface area (TPSA) is 49.6 Å². The van der Waals surface area contributed by atoms with Crippen molar-refractivity contribution >= 4 is 5.91 Å². The minimum Gasteiger partial charge on any atom is -0.351 e. The van der Waals surface area contributed by atoms with Gasteiger partial charge in [0.1, 0.15) is 0 Å². The van der Waals surface area contributed by atoms with Gasteiger partial charge in [0.15, 0.2) is 0 Å². The Bertz CT molecular complexity index is 755. The van der Waals surface area contributed by atoms with Gasteiger partial charge in [0, 0.05) is 44.7 Å². The molecule has 3 heterocycles. The number of rotatable bonds is 6. The smallest absolute Gasteiger partial charge is 0.292 e. The lowest BCUT2D eigenvalue weighted by Gasteiger charge is -2.20. The fraction of sp³-hybridized carbons (Fsp3) is 0.545. The van der Waals surface area contributed by atoms with Crippen LogP contribution in [0.4, 0.5) is 0 Å². The first-order valence-electron chi connectivity index (χ1n) is 10.2. The van der Waals surface area contributed by atoms with Crippen molar-refractivity contribution in [2.75, 3.05) is 26.2 Å². The molecule has 5 heteroatoms. The average molecular weight is 367 g/mol. The average Bonchev–Trinajstić information content (AvgIpc) is 3.38. The molecule has 2 atom stereocenters. The van der Waals surface area contributed by atoms with Gasteiger partial charge in [-0.15, -0.1) is 0 Å². The molecule has 0 spiro atoms. The Morgan fingerprint density at radius 3 is 2.41 bits per heavy atom. The van der Waals surface area contributed by atoms with E-state index in [1.807, 2.05) is 11.0 Å².